The van der Waals surface area contributed by atoms with Crippen LogP contribution in [0.15, 0.2) is 94.9 Å². The van der Waals surface area contributed by atoms with E-state index in [9.17, 15) is 13.2 Å². The van der Waals surface area contributed by atoms with Crippen molar-refractivity contribution in [3.63, 3.8) is 0 Å². The quantitative estimate of drug-likeness (QED) is 0.282. The first-order chi connectivity index (χ1) is 16.9. The van der Waals surface area contributed by atoms with E-state index in [1.165, 1.54) is 37.6 Å². The number of fused-ring (bicyclic) bond motifs is 1. The molecule has 0 aliphatic rings. The highest BCUT2D eigenvalue weighted by Gasteiger charge is 2.17. The Bertz CT molecular complexity index is 1500. The van der Waals surface area contributed by atoms with Crippen molar-refractivity contribution >= 4 is 38.6 Å². The summed E-state index contributed by atoms with van der Waals surface area (Å²) in [6.45, 7) is 0. The Morgan fingerprint density at radius 3 is 2.40 bits per heavy atom. The molecule has 0 atom stereocenters. The summed E-state index contributed by atoms with van der Waals surface area (Å²) in [5, 5.41) is 5.99. The lowest BCUT2D eigenvalue weighted by molar-refractivity contribution is 0.0955. The molecule has 0 fully saturated rings. The summed E-state index contributed by atoms with van der Waals surface area (Å²) in [5.41, 5.74) is 3.68. The Kier molecular flexibility index (Phi) is 6.98. The highest BCUT2D eigenvalue weighted by molar-refractivity contribution is 7.92. The monoisotopic (exact) mass is 489 g/mol. The van der Waals surface area contributed by atoms with E-state index in [0.717, 1.165) is 10.8 Å². The van der Waals surface area contributed by atoms with E-state index in [-0.39, 0.29) is 10.5 Å². The van der Waals surface area contributed by atoms with Crippen LogP contribution in [0.5, 0.6) is 11.5 Å². The number of nitrogens with one attached hydrogen (secondary N) is 2. The first-order valence-corrected chi connectivity index (χ1v) is 12.1. The van der Waals surface area contributed by atoms with E-state index in [4.69, 9.17) is 9.47 Å². The minimum absolute atomic E-state index is 0.0549. The first kappa shape index (κ1) is 23.8. The SMILES string of the molecule is COc1ccc(NS(=O)(=O)c2cccc(C(=O)N/N=C/c3c(OC)ccc4ccccc34)c2)cc1. The summed E-state index contributed by atoms with van der Waals surface area (Å²) in [6.07, 6.45) is 1.50. The summed E-state index contributed by atoms with van der Waals surface area (Å²) in [4.78, 5) is 12.6. The largest absolute Gasteiger partial charge is 0.497 e. The van der Waals surface area contributed by atoms with Crippen molar-refractivity contribution in [2.45, 2.75) is 4.90 Å². The minimum atomic E-state index is -3.91. The molecule has 0 bridgehead atoms. The van der Waals surface area contributed by atoms with Gasteiger partial charge in [0.05, 0.1) is 25.3 Å². The maximum Gasteiger partial charge on any atom is 0.271 e. The average Bonchev–Trinajstić information content (AvgIpc) is 2.89. The maximum absolute atomic E-state index is 12.8. The molecule has 4 aromatic rings. The van der Waals surface area contributed by atoms with E-state index in [2.05, 4.69) is 15.2 Å². The lowest BCUT2D eigenvalue weighted by Gasteiger charge is -2.10. The standard InChI is InChI=1S/C26H23N3O5S/c1-33-21-13-11-20(12-14-21)29-35(31,32)22-8-5-7-19(16-22)26(30)28-27-17-24-23-9-4-3-6-18(23)10-15-25(24)34-2/h3-17,29H,1-2H3,(H,28,30)/b27-17+. The molecule has 35 heavy (non-hydrogen) atoms. The van der Waals surface area contributed by atoms with Crippen LogP contribution in [0.25, 0.3) is 10.8 Å². The molecule has 0 saturated heterocycles. The second-order valence-electron chi connectivity index (χ2n) is 7.46. The van der Waals surface area contributed by atoms with Gasteiger partial charge in [0.2, 0.25) is 0 Å². The van der Waals surface area contributed by atoms with Gasteiger partial charge < -0.3 is 9.47 Å². The molecular formula is C26H23N3O5S. The molecule has 8 nitrogen and oxygen atoms in total. The van der Waals surface area contributed by atoms with Crippen molar-refractivity contribution < 1.29 is 22.7 Å². The molecule has 9 heteroatoms. The van der Waals surface area contributed by atoms with Crippen molar-refractivity contribution in [2.75, 3.05) is 18.9 Å². The van der Waals surface area contributed by atoms with E-state index >= 15 is 0 Å². The Morgan fingerprint density at radius 1 is 0.886 bits per heavy atom. The van der Waals surface area contributed by atoms with Crippen LogP contribution in [-0.4, -0.2) is 34.8 Å². The number of carbonyl (C=O) groups is 1. The molecule has 0 aromatic heterocycles. The molecule has 0 unspecified atom stereocenters. The van der Waals surface area contributed by atoms with Crippen molar-refractivity contribution in [1.29, 1.82) is 0 Å². The summed E-state index contributed by atoms with van der Waals surface area (Å²) in [7, 11) is -0.824. The fraction of sp³-hybridized carbons (Fsp3) is 0.0769. The second kappa shape index (κ2) is 10.3. The first-order valence-electron chi connectivity index (χ1n) is 10.6. The zero-order valence-corrected chi connectivity index (χ0v) is 19.9. The molecule has 0 spiro atoms. The Morgan fingerprint density at radius 2 is 1.66 bits per heavy atom. The number of ether oxygens (including phenoxy) is 2. The molecule has 4 rings (SSSR count). The second-order valence-corrected chi connectivity index (χ2v) is 9.15. The molecular weight excluding hydrogens is 466 g/mol. The predicted octanol–water partition coefficient (Wildman–Crippen LogP) is 4.42. The molecule has 0 aliphatic heterocycles. The van der Waals surface area contributed by atoms with Crippen molar-refractivity contribution in [2.24, 2.45) is 5.10 Å². The highest BCUT2D eigenvalue weighted by atomic mass is 32.2. The summed E-state index contributed by atoms with van der Waals surface area (Å²) >= 11 is 0. The number of nitrogens with zero attached hydrogens (tertiary/aromatic N) is 1. The fourth-order valence-corrected chi connectivity index (χ4v) is 4.59. The van der Waals surface area contributed by atoms with Crippen LogP contribution in [0.4, 0.5) is 5.69 Å². The highest BCUT2D eigenvalue weighted by Crippen LogP contribution is 2.26. The molecule has 0 heterocycles. The van der Waals surface area contributed by atoms with Crippen LogP contribution >= 0.6 is 0 Å². The number of hydrogen-bond donors (Lipinski definition) is 2. The van der Waals surface area contributed by atoms with Crippen LogP contribution in [0.2, 0.25) is 0 Å². The van der Waals surface area contributed by atoms with Crippen molar-refractivity contribution in [3.05, 3.63) is 96.1 Å². The van der Waals surface area contributed by atoms with E-state index in [0.29, 0.717) is 22.7 Å². The average molecular weight is 490 g/mol. The predicted molar refractivity (Wildman–Crippen MR) is 136 cm³/mol. The van der Waals surface area contributed by atoms with Gasteiger partial charge in [0.15, 0.2) is 0 Å². The molecule has 2 N–H and O–H groups in total. The van der Waals surface area contributed by atoms with Crippen LogP contribution < -0.4 is 19.6 Å². The molecule has 0 aliphatic carbocycles. The van der Waals surface area contributed by atoms with Gasteiger partial charge in [-0.05, 0) is 59.3 Å². The Hall–Kier alpha value is -4.37. The number of carbonyl (C=O) groups excluding carboxylic acids is 1. The molecule has 4 aromatic carbocycles. The smallest absolute Gasteiger partial charge is 0.271 e. The zero-order chi connectivity index (χ0) is 24.8. The number of benzene rings is 4. The van der Waals surface area contributed by atoms with Crippen LogP contribution in [-0.2, 0) is 10.0 Å². The van der Waals surface area contributed by atoms with E-state index in [1.54, 1.807) is 31.4 Å². The van der Waals surface area contributed by atoms with E-state index < -0.39 is 15.9 Å². The van der Waals surface area contributed by atoms with Gasteiger partial charge in [0, 0.05) is 16.8 Å². The number of hydrazone groups is 1. The van der Waals surface area contributed by atoms with E-state index in [1.807, 2.05) is 36.4 Å². The lowest BCUT2D eigenvalue weighted by atomic mass is 10.0. The van der Waals surface area contributed by atoms with Gasteiger partial charge in [-0.15, -0.1) is 0 Å². The number of rotatable bonds is 8. The van der Waals surface area contributed by atoms with Gasteiger partial charge in [-0.25, -0.2) is 13.8 Å². The van der Waals surface area contributed by atoms with Crippen molar-refractivity contribution in [1.82, 2.24) is 5.43 Å². The van der Waals surface area contributed by atoms with Crippen LogP contribution in [0.3, 0.4) is 0 Å². The van der Waals surface area contributed by atoms with Gasteiger partial charge in [-0.2, -0.15) is 5.10 Å². The Balaban J connectivity index is 1.51. The zero-order valence-electron chi connectivity index (χ0n) is 19.1. The molecule has 0 radical (unpaired) electrons. The van der Waals surface area contributed by atoms with Gasteiger partial charge >= 0.3 is 0 Å². The minimum Gasteiger partial charge on any atom is -0.497 e. The Labute approximate surface area is 203 Å². The van der Waals surface area contributed by atoms with Crippen LogP contribution in [0.1, 0.15) is 15.9 Å². The third-order valence-electron chi connectivity index (χ3n) is 5.26. The summed E-state index contributed by atoms with van der Waals surface area (Å²) in [6, 6.07) is 23.7. The lowest BCUT2D eigenvalue weighted by Crippen LogP contribution is -2.19. The number of anilines is 1. The third kappa shape index (κ3) is 5.42. The normalized spacial score (nSPS) is 11.4. The third-order valence-corrected chi connectivity index (χ3v) is 6.64. The van der Waals surface area contributed by atoms with Gasteiger partial charge in [0.25, 0.3) is 15.9 Å². The van der Waals surface area contributed by atoms with Crippen molar-refractivity contribution in [3.8, 4) is 11.5 Å². The molecule has 1 amide bonds. The van der Waals surface area contributed by atoms with Gasteiger partial charge in [0.1, 0.15) is 11.5 Å². The number of sulfonamides is 1. The fourth-order valence-electron chi connectivity index (χ4n) is 3.48. The summed E-state index contributed by atoms with van der Waals surface area (Å²) in [5.74, 6) is 0.662. The summed E-state index contributed by atoms with van der Waals surface area (Å²) < 4.78 is 38.6. The van der Waals surface area contributed by atoms with Crippen LogP contribution in [0, 0.1) is 0 Å². The van der Waals surface area contributed by atoms with Gasteiger partial charge in [-0.3, -0.25) is 9.52 Å². The molecule has 0 saturated carbocycles. The number of amides is 1. The number of hydrogen-bond acceptors (Lipinski definition) is 6. The maximum atomic E-state index is 12.8. The topological polar surface area (TPSA) is 106 Å². The number of methoxy groups -OCH3 is 2. The van der Waals surface area contributed by atoms with Gasteiger partial charge in [-0.1, -0.05) is 36.4 Å². The molecule has 178 valence electrons.